The number of piperazine rings is 1. The number of pyridine rings is 1. The molecule has 0 bridgehead atoms. The number of carbonyl (C=O) groups excluding carboxylic acids is 1. The minimum Gasteiger partial charge on any atom is -0.454 e. The number of ether oxygens (including phenoxy) is 2. The van der Waals surface area contributed by atoms with E-state index in [1.165, 1.54) is 4.31 Å². The van der Waals surface area contributed by atoms with Crippen LogP contribution in [0, 0.1) is 0 Å². The zero-order valence-corrected chi connectivity index (χ0v) is 21.3. The molecule has 10 heteroatoms. The quantitative estimate of drug-likeness (QED) is 0.533. The summed E-state index contributed by atoms with van der Waals surface area (Å²) in [7, 11) is -1.55. The third-order valence-corrected chi connectivity index (χ3v) is 9.26. The van der Waals surface area contributed by atoms with Crippen LogP contribution in [0.25, 0.3) is 11.3 Å². The van der Waals surface area contributed by atoms with E-state index in [1.54, 1.807) is 30.3 Å². The van der Waals surface area contributed by atoms with Crippen molar-refractivity contribution in [1.82, 2.24) is 14.2 Å². The maximum atomic E-state index is 13.3. The molecular formula is C27H28N4O5S. The molecule has 9 nitrogen and oxygen atoms in total. The Labute approximate surface area is 216 Å². The number of nitrogens with zero attached hydrogens (tertiary/aromatic N) is 3. The molecule has 6 rings (SSSR count). The van der Waals surface area contributed by atoms with E-state index in [4.69, 9.17) is 9.47 Å². The highest BCUT2D eigenvalue weighted by atomic mass is 32.2. The lowest BCUT2D eigenvalue weighted by Crippen LogP contribution is -2.46. The van der Waals surface area contributed by atoms with Gasteiger partial charge in [0.1, 0.15) is 5.82 Å². The molecule has 2 fully saturated rings. The second-order valence-electron chi connectivity index (χ2n) is 9.74. The number of carbonyl (C=O) groups is 1. The largest absolute Gasteiger partial charge is 0.454 e. The summed E-state index contributed by atoms with van der Waals surface area (Å²) in [6.45, 7) is 2.60. The van der Waals surface area contributed by atoms with E-state index >= 15 is 0 Å². The van der Waals surface area contributed by atoms with Crippen molar-refractivity contribution in [3.8, 4) is 22.8 Å². The number of anilines is 1. The molecule has 2 aliphatic heterocycles. The standard InChI is InChI=1S/C27H28N4O5S/c1-30-13-15-31(16-14-30)37(33,34)21-8-5-19(6-9-21)22-3-2-4-25(28-22)29-26(32)27(11-12-27)20-7-10-23-24(17-20)36-18-35-23/h2-10,17H,11-16,18H2,1H3,(H,28,29,32). The Morgan fingerprint density at radius 1 is 0.946 bits per heavy atom. The first-order valence-corrected chi connectivity index (χ1v) is 13.8. The van der Waals surface area contributed by atoms with Crippen molar-refractivity contribution >= 4 is 21.7 Å². The third kappa shape index (κ3) is 4.45. The highest BCUT2D eigenvalue weighted by molar-refractivity contribution is 7.89. The maximum Gasteiger partial charge on any atom is 0.243 e. The number of hydrogen-bond acceptors (Lipinski definition) is 7. The van der Waals surface area contributed by atoms with Gasteiger partial charge in [0.05, 0.1) is 16.0 Å². The molecule has 37 heavy (non-hydrogen) atoms. The van der Waals surface area contributed by atoms with E-state index in [0.29, 0.717) is 36.1 Å². The van der Waals surface area contributed by atoms with Crippen molar-refractivity contribution in [2.24, 2.45) is 0 Å². The first kappa shape index (κ1) is 23.9. The molecule has 2 aromatic carbocycles. The zero-order chi connectivity index (χ0) is 25.6. The molecule has 3 aromatic rings. The summed E-state index contributed by atoms with van der Waals surface area (Å²) in [4.78, 5) is 20.3. The number of hydrogen-bond donors (Lipinski definition) is 1. The van der Waals surface area contributed by atoms with Gasteiger partial charge in [-0.05, 0) is 61.9 Å². The SMILES string of the molecule is CN1CCN(S(=O)(=O)c2ccc(-c3cccc(NC(=O)C4(c5ccc6c(c5)OCO6)CC4)n3)cc2)CC1. The van der Waals surface area contributed by atoms with Crippen LogP contribution in [0.3, 0.4) is 0 Å². The average molecular weight is 521 g/mol. The fraction of sp³-hybridized carbons (Fsp3) is 0.333. The van der Waals surface area contributed by atoms with E-state index in [2.05, 4.69) is 15.2 Å². The van der Waals surface area contributed by atoms with Gasteiger partial charge in [0.15, 0.2) is 11.5 Å². The van der Waals surface area contributed by atoms with Gasteiger partial charge in [-0.1, -0.05) is 24.3 Å². The lowest BCUT2D eigenvalue weighted by atomic mass is 9.94. The lowest BCUT2D eigenvalue weighted by molar-refractivity contribution is -0.118. The molecule has 0 radical (unpaired) electrons. The number of nitrogens with one attached hydrogen (secondary N) is 1. The van der Waals surface area contributed by atoms with Crippen molar-refractivity contribution in [3.05, 3.63) is 66.2 Å². The van der Waals surface area contributed by atoms with Crippen molar-refractivity contribution in [1.29, 1.82) is 0 Å². The van der Waals surface area contributed by atoms with Crippen molar-refractivity contribution in [3.63, 3.8) is 0 Å². The van der Waals surface area contributed by atoms with Crippen LogP contribution in [0.1, 0.15) is 18.4 Å². The predicted octanol–water partition coefficient (Wildman–Crippen LogP) is 3.08. The van der Waals surface area contributed by atoms with Crippen molar-refractivity contribution < 1.29 is 22.7 Å². The Bertz CT molecular complexity index is 1450. The Morgan fingerprint density at radius 3 is 2.41 bits per heavy atom. The molecule has 192 valence electrons. The molecule has 3 aliphatic rings. The predicted molar refractivity (Wildman–Crippen MR) is 138 cm³/mol. The molecule has 0 unspecified atom stereocenters. The van der Waals surface area contributed by atoms with E-state index < -0.39 is 15.4 Å². The Kier molecular flexibility index (Phi) is 5.89. The van der Waals surface area contributed by atoms with Crippen LogP contribution in [0.2, 0.25) is 0 Å². The third-order valence-electron chi connectivity index (χ3n) is 7.35. The van der Waals surface area contributed by atoms with Gasteiger partial charge in [0.2, 0.25) is 22.7 Å². The van der Waals surface area contributed by atoms with E-state index in [-0.39, 0.29) is 17.6 Å². The molecule has 1 saturated carbocycles. The fourth-order valence-corrected chi connectivity index (χ4v) is 6.26. The van der Waals surface area contributed by atoms with Gasteiger partial charge in [-0.3, -0.25) is 4.79 Å². The lowest BCUT2D eigenvalue weighted by Gasteiger charge is -2.31. The van der Waals surface area contributed by atoms with Crippen LogP contribution in [0.4, 0.5) is 5.82 Å². The average Bonchev–Trinajstić information content (AvgIpc) is 3.60. The summed E-state index contributed by atoms with van der Waals surface area (Å²) in [5.41, 5.74) is 1.72. The number of rotatable bonds is 6. The van der Waals surface area contributed by atoms with E-state index in [1.807, 2.05) is 37.4 Å². The van der Waals surface area contributed by atoms with Crippen LogP contribution in [-0.4, -0.2) is 68.5 Å². The van der Waals surface area contributed by atoms with Gasteiger partial charge in [0, 0.05) is 31.7 Å². The van der Waals surface area contributed by atoms with Crippen molar-refractivity contribution in [2.75, 3.05) is 45.3 Å². The molecule has 1 N–H and O–H groups in total. The van der Waals surface area contributed by atoms with Gasteiger partial charge < -0.3 is 19.7 Å². The van der Waals surface area contributed by atoms with Gasteiger partial charge in [0.25, 0.3) is 0 Å². The highest BCUT2D eigenvalue weighted by Gasteiger charge is 2.51. The maximum absolute atomic E-state index is 13.3. The number of amides is 1. The summed E-state index contributed by atoms with van der Waals surface area (Å²) in [5, 5.41) is 2.97. The summed E-state index contributed by atoms with van der Waals surface area (Å²) >= 11 is 0. The number of sulfonamides is 1. The molecular weight excluding hydrogens is 492 g/mol. The summed E-state index contributed by atoms with van der Waals surface area (Å²) < 4.78 is 38.5. The normalized spacial score (nSPS) is 18.9. The van der Waals surface area contributed by atoms with Crippen LogP contribution >= 0.6 is 0 Å². The number of fused-ring (bicyclic) bond motifs is 1. The number of aromatic nitrogens is 1. The first-order valence-electron chi connectivity index (χ1n) is 12.3. The number of likely N-dealkylation sites (N-methyl/N-ethyl adjacent to an activating group) is 1. The van der Waals surface area contributed by atoms with Gasteiger partial charge >= 0.3 is 0 Å². The first-order chi connectivity index (χ1) is 17.8. The minimum absolute atomic E-state index is 0.107. The second kappa shape index (κ2) is 9.13. The molecule has 1 saturated heterocycles. The van der Waals surface area contributed by atoms with Crippen molar-refractivity contribution in [2.45, 2.75) is 23.2 Å². The fourth-order valence-electron chi connectivity index (χ4n) is 4.84. The summed E-state index contributed by atoms with van der Waals surface area (Å²) in [6, 6.07) is 17.8. The second-order valence-corrected chi connectivity index (χ2v) is 11.7. The molecule has 0 spiro atoms. The van der Waals surface area contributed by atoms with Gasteiger partial charge in [-0.2, -0.15) is 4.31 Å². The number of benzene rings is 2. The minimum atomic E-state index is -3.54. The van der Waals surface area contributed by atoms with Gasteiger partial charge in [-0.25, -0.2) is 13.4 Å². The molecule has 1 amide bonds. The molecule has 0 atom stereocenters. The molecule has 3 heterocycles. The van der Waals surface area contributed by atoms with E-state index in [0.717, 1.165) is 37.1 Å². The summed E-state index contributed by atoms with van der Waals surface area (Å²) in [6.07, 6.45) is 1.50. The Morgan fingerprint density at radius 2 is 1.68 bits per heavy atom. The van der Waals surface area contributed by atoms with Crippen LogP contribution in [-0.2, 0) is 20.2 Å². The van der Waals surface area contributed by atoms with Crippen LogP contribution < -0.4 is 14.8 Å². The van der Waals surface area contributed by atoms with Crippen LogP contribution in [0.5, 0.6) is 11.5 Å². The Balaban J connectivity index is 1.17. The molecule has 1 aliphatic carbocycles. The Hall–Kier alpha value is -3.47. The van der Waals surface area contributed by atoms with E-state index in [9.17, 15) is 13.2 Å². The monoisotopic (exact) mass is 520 g/mol. The topological polar surface area (TPSA) is 101 Å². The zero-order valence-electron chi connectivity index (χ0n) is 20.5. The summed E-state index contributed by atoms with van der Waals surface area (Å²) in [5.74, 6) is 1.69. The van der Waals surface area contributed by atoms with Crippen LogP contribution in [0.15, 0.2) is 65.6 Å². The molecule has 1 aromatic heterocycles. The highest BCUT2D eigenvalue weighted by Crippen LogP contribution is 2.51. The smallest absolute Gasteiger partial charge is 0.243 e. The van der Waals surface area contributed by atoms with Gasteiger partial charge in [-0.15, -0.1) is 0 Å².